The zero-order valence-electron chi connectivity index (χ0n) is 16.0. The standard InChI is InChI=1S/C21H29N3O2/c1-13-4-7-16(8-5-13)22-20(25)15-6-11-18-19(12-15)24(17-9-10-17)14(2)21(26)23(18)3/h6,11-14,16-17H,4-5,7-10H2,1-3H3,(H,22,25). The van der Waals surface area contributed by atoms with Gasteiger partial charge in [-0.05, 0) is 69.6 Å². The van der Waals surface area contributed by atoms with E-state index >= 15 is 0 Å². The van der Waals surface area contributed by atoms with Crippen molar-refractivity contribution in [2.75, 3.05) is 16.8 Å². The number of hydrogen-bond donors (Lipinski definition) is 1. The fourth-order valence-corrected chi connectivity index (χ4v) is 4.42. The Hall–Kier alpha value is -2.04. The lowest BCUT2D eigenvalue weighted by molar-refractivity contribution is -0.119. The van der Waals surface area contributed by atoms with Crippen LogP contribution < -0.4 is 15.1 Å². The lowest BCUT2D eigenvalue weighted by Gasteiger charge is -2.40. The van der Waals surface area contributed by atoms with Crippen LogP contribution in [0.4, 0.5) is 11.4 Å². The molecule has 3 aliphatic rings. The first kappa shape index (κ1) is 17.4. The van der Waals surface area contributed by atoms with Crippen LogP contribution in [-0.2, 0) is 4.79 Å². The molecule has 2 amide bonds. The highest BCUT2D eigenvalue weighted by Gasteiger charge is 2.41. The molecule has 5 heteroatoms. The fourth-order valence-electron chi connectivity index (χ4n) is 4.42. The van der Waals surface area contributed by atoms with Crippen LogP contribution >= 0.6 is 0 Å². The Kier molecular flexibility index (Phi) is 4.41. The van der Waals surface area contributed by atoms with Crippen molar-refractivity contribution in [1.82, 2.24) is 5.32 Å². The van der Waals surface area contributed by atoms with Gasteiger partial charge in [0.2, 0.25) is 5.91 Å². The third-order valence-corrected chi connectivity index (χ3v) is 6.27. The molecule has 2 fully saturated rings. The summed E-state index contributed by atoms with van der Waals surface area (Å²) in [5, 5.41) is 3.22. The first-order chi connectivity index (χ1) is 12.5. The number of amides is 2. The molecular formula is C21H29N3O2. The Balaban J connectivity index is 1.57. The van der Waals surface area contributed by atoms with Crippen molar-refractivity contribution in [1.29, 1.82) is 0 Å². The molecule has 0 aromatic heterocycles. The molecule has 1 N–H and O–H groups in total. The highest BCUT2D eigenvalue weighted by molar-refractivity contribution is 6.06. The van der Waals surface area contributed by atoms with Gasteiger partial charge in [0.15, 0.2) is 0 Å². The number of fused-ring (bicyclic) bond motifs is 1. The third-order valence-electron chi connectivity index (χ3n) is 6.27. The maximum atomic E-state index is 12.8. The van der Waals surface area contributed by atoms with Crippen LogP contribution in [0, 0.1) is 5.92 Å². The Morgan fingerprint density at radius 2 is 1.73 bits per heavy atom. The molecule has 1 aromatic carbocycles. The summed E-state index contributed by atoms with van der Waals surface area (Å²) < 4.78 is 0. The van der Waals surface area contributed by atoms with Gasteiger partial charge in [0.05, 0.1) is 11.4 Å². The van der Waals surface area contributed by atoms with E-state index in [2.05, 4.69) is 17.1 Å². The van der Waals surface area contributed by atoms with Gasteiger partial charge in [0.25, 0.3) is 5.91 Å². The summed E-state index contributed by atoms with van der Waals surface area (Å²) >= 11 is 0. The molecule has 1 atom stereocenters. The number of anilines is 2. The predicted octanol–water partition coefficient (Wildman–Crippen LogP) is 3.33. The Labute approximate surface area is 155 Å². The SMILES string of the molecule is CC1CCC(NC(=O)c2ccc3c(c2)N(C2CC2)C(C)C(=O)N3C)CC1. The average Bonchev–Trinajstić information content (AvgIpc) is 3.46. The molecule has 1 heterocycles. The normalized spacial score (nSPS) is 28.7. The van der Waals surface area contributed by atoms with Crippen molar-refractivity contribution in [3.63, 3.8) is 0 Å². The van der Waals surface area contributed by atoms with Crippen molar-refractivity contribution in [2.24, 2.45) is 5.92 Å². The Bertz CT molecular complexity index is 720. The topological polar surface area (TPSA) is 52.7 Å². The van der Waals surface area contributed by atoms with Crippen LogP contribution in [0.5, 0.6) is 0 Å². The molecule has 26 heavy (non-hydrogen) atoms. The predicted molar refractivity (Wildman–Crippen MR) is 104 cm³/mol. The number of carbonyl (C=O) groups excluding carboxylic acids is 2. The molecule has 0 spiro atoms. The third kappa shape index (κ3) is 3.08. The molecule has 1 unspecified atom stereocenters. The van der Waals surface area contributed by atoms with Crippen LogP contribution in [0.25, 0.3) is 0 Å². The molecule has 0 saturated heterocycles. The van der Waals surface area contributed by atoms with Gasteiger partial charge in [0, 0.05) is 24.7 Å². The highest BCUT2D eigenvalue weighted by Crippen LogP contribution is 2.42. The summed E-state index contributed by atoms with van der Waals surface area (Å²) in [7, 11) is 1.82. The summed E-state index contributed by atoms with van der Waals surface area (Å²) in [6, 6.07) is 6.31. The molecule has 5 nitrogen and oxygen atoms in total. The highest BCUT2D eigenvalue weighted by atomic mass is 16.2. The number of nitrogens with zero attached hydrogens (tertiary/aromatic N) is 2. The Morgan fingerprint density at radius 3 is 2.38 bits per heavy atom. The minimum absolute atomic E-state index is 0.00954. The summed E-state index contributed by atoms with van der Waals surface area (Å²) in [5.74, 6) is 0.904. The smallest absolute Gasteiger partial charge is 0.251 e. The summed E-state index contributed by atoms with van der Waals surface area (Å²) in [5.41, 5.74) is 2.62. The van der Waals surface area contributed by atoms with Gasteiger partial charge in [-0.15, -0.1) is 0 Å². The van der Waals surface area contributed by atoms with Crippen LogP contribution in [0.1, 0.15) is 62.7 Å². The molecule has 0 bridgehead atoms. The minimum atomic E-state index is -0.168. The second-order valence-electron chi connectivity index (χ2n) is 8.35. The summed E-state index contributed by atoms with van der Waals surface area (Å²) in [6.07, 6.45) is 6.76. The summed E-state index contributed by atoms with van der Waals surface area (Å²) in [6.45, 7) is 4.25. The van der Waals surface area contributed by atoms with E-state index in [4.69, 9.17) is 0 Å². The van der Waals surface area contributed by atoms with Gasteiger partial charge in [-0.25, -0.2) is 0 Å². The average molecular weight is 355 g/mol. The Morgan fingerprint density at radius 1 is 1.04 bits per heavy atom. The van der Waals surface area contributed by atoms with E-state index < -0.39 is 0 Å². The number of rotatable bonds is 3. The van der Waals surface area contributed by atoms with Gasteiger partial charge in [-0.3, -0.25) is 9.59 Å². The van der Waals surface area contributed by atoms with Crippen molar-refractivity contribution < 1.29 is 9.59 Å². The fraction of sp³-hybridized carbons (Fsp3) is 0.619. The van der Waals surface area contributed by atoms with E-state index in [1.807, 2.05) is 32.2 Å². The quantitative estimate of drug-likeness (QED) is 0.905. The molecule has 140 valence electrons. The maximum absolute atomic E-state index is 12.8. The van der Waals surface area contributed by atoms with E-state index in [0.717, 1.165) is 43.0 Å². The second-order valence-corrected chi connectivity index (χ2v) is 8.35. The second kappa shape index (κ2) is 6.60. The number of nitrogens with one attached hydrogen (secondary N) is 1. The zero-order chi connectivity index (χ0) is 18.4. The van der Waals surface area contributed by atoms with E-state index in [1.54, 1.807) is 4.90 Å². The van der Waals surface area contributed by atoms with Gasteiger partial charge in [-0.1, -0.05) is 6.92 Å². The van der Waals surface area contributed by atoms with Crippen molar-refractivity contribution in [3.05, 3.63) is 23.8 Å². The molecular weight excluding hydrogens is 326 g/mol. The molecule has 1 aromatic rings. The number of carbonyl (C=O) groups is 2. The van der Waals surface area contributed by atoms with E-state index in [-0.39, 0.29) is 23.9 Å². The number of benzene rings is 1. The van der Waals surface area contributed by atoms with Crippen LogP contribution in [0.15, 0.2) is 18.2 Å². The van der Waals surface area contributed by atoms with Gasteiger partial charge >= 0.3 is 0 Å². The molecule has 0 radical (unpaired) electrons. The number of likely N-dealkylation sites (N-methyl/N-ethyl adjacent to an activating group) is 1. The molecule has 2 aliphatic carbocycles. The van der Waals surface area contributed by atoms with Gasteiger partial charge in [-0.2, -0.15) is 0 Å². The van der Waals surface area contributed by atoms with Crippen LogP contribution in [-0.4, -0.2) is 37.0 Å². The minimum Gasteiger partial charge on any atom is -0.355 e. The van der Waals surface area contributed by atoms with Gasteiger partial charge < -0.3 is 15.1 Å². The van der Waals surface area contributed by atoms with Gasteiger partial charge in [0.1, 0.15) is 6.04 Å². The molecule has 2 saturated carbocycles. The molecule has 4 rings (SSSR count). The maximum Gasteiger partial charge on any atom is 0.251 e. The van der Waals surface area contributed by atoms with E-state index in [9.17, 15) is 9.59 Å². The number of hydrogen-bond acceptors (Lipinski definition) is 3. The first-order valence-corrected chi connectivity index (χ1v) is 9.96. The summed E-state index contributed by atoms with van der Waals surface area (Å²) in [4.78, 5) is 29.3. The van der Waals surface area contributed by atoms with Crippen molar-refractivity contribution in [3.8, 4) is 0 Å². The molecule has 1 aliphatic heterocycles. The lowest BCUT2D eigenvalue weighted by atomic mass is 9.87. The largest absolute Gasteiger partial charge is 0.355 e. The lowest BCUT2D eigenvalue weighted by Crippen LogP contribution is -2.51. The van der Waals surface area contributed by atoms with E-state index in [1.165, 1.54) is 12.8 Å². The first-order valence-electron chi connectivity index (χ1n) is 9.96. The van der Waals surface area contributed by atoms with Crippen LogP contribution in [0.3, 0.4) is 0 Å². The van der Waals surface area contributed by atoms with Crippen LogP contribution in [0.2, 0.25) is 0 Å². The van der Waals surface area contributed by atoms with Crippen molar-refractivity contribution >= 4 is 23.2 Å². The monoisotopic (exact) mass is 355 g/mol. The van der Waals surface area contributed by atoms with Crippen molar-refractivity contribution in [2.45, 2.75) is 70.5 Å². The zero-order valence-corrected chi connectivity index (χ0v) is 16.0. The van der Waals surface area contributed by atoms with E-state index in [0.29, 0.717) is 11.6 Å².